The van der Waals surface area contributed by atoms with Gasteiger partial charge < -0.3 is 14.8 Å². The van der Waals surface area contributed by atoms with Crippen LogP contribution in [0.4, 0.5) is 11.5 Å². The van der Waals surface area contributed by atoms with Gasteiger partial charge in [-0.1, -0.05) is 42.5 Å². The van der Waals surface area contributed by atoms with E-state index < -0.39 is 5.97 Å². The average molecular weight is 528 g/mol. The van der Waals surface area contributed by atoms with E-state index >= 15 is 0 Å². The first kappa shape index (κ1) is 24.9. The molecule has 2 heterocycles. The molecule has 38 heavy (non-hydrogen) atoms. The number of anilines is 2. The molecule has 5 aromatic rings. The van der Waals surface area contributed by atoms with E-state index in [9.17, 15) is 9.59 Å². The van der Waals surface area contributed by atoms with Crippen LogP contribution >= 0.6 is 11.6 Å². The number of ether oxygens (including phenoxy) is 2. The van der Waals surface area contributed by atoms with Gasteiger partial charge in [-0.2, -0.15) is 10.1 Å². The van der Waals surface area contributed by atoms with Crippen molar-refractivity contribution in [1.29, 1.82) is 0 Å². The molecule has 0 bridgehead atoms. The van der Waals surface area contributed by atoms with Crippen LogP contribution in [0, 0.1) is 0 Å². The van der Waals surface area contributed by atoms with E-state index in [2.05, 4.69) is 15.3 Å². The Morgan fingerprint density at radius 3 is 2.37 bits per heavy atom. The monoisotopic (exact) mass is 527 g/mol. The van der Waals surface area contributed by atoms with Crippen molar-refractivity contribution in [2.75, 3.05) is 19.5 Å². The van der Waals surface area contributed by atoms with Gasteiger partial charge in [0.2, 0.25) is 5.28 Å². The van der Waals surface area contributed by atoms with Gasteiger partial charge in [0.15, 0.2) is 0 Å². The lowest BCUT2D eigenvalue weighted by Crippen LogP contribution is -2.24. The summed E-state index contributed by atoms with van der Waals surface area (Å²) in [7, 11) is 2.89. The predicted octanol–water partition coefficient (Wildman–Crippen LogP) is 5.09. The van der Waals surface area contributed by atoms with E-state index in [0.29, 0.717) is 23.3 Å². The molecule has 1 N–H and O–H groups in total. The molecule has 9 nitrogen and oxygen atoms in total. The molecule has 0 amide bonds. The molecule has 0 aliphatic heterocycles. The van der Waals surface area contributed by atoms with Gasteiger partial charge in [-0.3, -0.25) is 4.79 Å². The summed E-state index contributed by atoms with van der Waals surface area (Å²) in [5, 5.41) is 9.14. The van der Waals surface area contributed by atoms with Gasteiger partial charge >= 0.3 is 5.97 Å². The molecule has 0 atom stereocenters. The van der Waals surface area contributed by atoms with Crippen molar-refractivity contribution in [3.63, 3.8) is 0 Å². The zero-order valence-electron chi connectivity index (χ0n) is 20.5. The van der Waals surface area contributed by atoms with Crippen molar-refractivity contribution >= 4 is 39.8 Å². The van der Waals surface area contributed by atoms with Gasteiger partial charge in [0.05, 0.1) is 31.8 Å². The Labute approximate surface area is 222 Å². The van der Waals surface area contributed by atoms with Crippen LogP contribution < -0.4 is 15.6 Å². The van der Waals surface area contributed by atoms with Crippen molar-refractivity contribution in [2.45, 2.75) is 6.54 Å². The number of nitrogens with one attached hydrogen (secondary N) is 1. The summed E-state index contributed by atoms with van der Waals surface area (Å²) in [6, 6.07) is 22.3. The van der Waals surface area contributed by atoms with Crippen LogP contribution in [0.15, 0.2) is 83.8 Å². The largest absolute Gasteiger partial charge is 0.497 e. The summed E-state index contributed by atoms with van der Waals surface area (Å²) in [4.78, 5) is 33.3. The van der Waals surface area contributed by atoms with Crippen LogP contribution in [-0.2, 0) is 11.3 Å². The maximum Gasteiger partial charge on any atom is 0.343 e. The number of rotatable bonds is 7. The molecule has 3 aromatic carbocycles. The zero-order chi connectivity index (χ0) is 26.6. The third-order valence-electron chi connectivity index (χ3n) is 5.94. The van der Waals surface area contributed by atoms with E-state index in [1.54, 1.807) is 13.2 Å². The van der Waals surface area contributed by atoms with Crippen molar-refractivity contribution in [2.24, 2.45) is 0 Å². The number of hydrogen-bond acceptors (Lipinski definition) is 8. The normalized spacial score (nSPS) is 10.8. The molecule has 0 saturated heterocycles. The SMILES string of the molecule is COC(=O)c1cnc(Cl)nc1Nc1ccc(-c2nn(Cc3ccc(OC)cc3)c(=O)c3ccccc23)cc1. The van der Waals surface area contributed by atoms with E-state index in [0.717, 1.165) is 22.3 Å². The number of hydrogen-bond donors (Lipinski definition) is 1. The molecule has 10 heteroatoms. The van der Waals surface area contributed by atoms with Crippen LogP contribution in [-0.4, -0.2) is 39.9 Å². The highest BCUT2D eigenvalue weighted by Gasteiger charge is 2.16. The lowest BCUT2D eigenvalue weighted by atomic mass is 10.0. The minimum atomic E-state index is -0.587. The van der Waals surface area contributed by atoms with Gasteiger partial charge in [-0.25, -0.2) is 14.5 Å². The fraction of sp³-hybridized carbons (Fsp3) is 0.107. The van der Waals surface area contributed by atoms with Gasteiger partial charge in [-0.15, -0.1) is 0 Å². The Hall–Kier alpha value is -4.76. The minimum absolute atomic E-state index is 0.00781. The molecule has 0 aliphatic carbocycles. The van der Waals surface area contributed by atoms with E-state index in [1.807, 2.05) is 66.7 Å². The molecule has 0 spiro atoms. The maximum absolute atomic E-state index is 13.2. The molecule has 5 rings (SSSR count). The second kappa shape index (κ2) is 10.7. The molecule has 0 aliphatic rings. The maximum atomic E-state index is 13.2. The van der Waals surface area contributed by atoms with Gasteiger partial charge in [-0.05, 0) is 47.5 Å². The molecule has 2 aromatic heterocycles. The Morgan fingerprint density at radius 2 is 1.68 bits per heavy atom. The zero-order valence-corrected chi connectivity index (χ0v) is 21.3. The lowest BCUT2D eigenvalue weighted by Gasteiger charge is -2.13. The first-order valence-electron chi connectivity index (χ1n) is 11.6. The highest BCUT2D eigenvalue weighted by molar-refractivity contribution is 6.28. The fourth-order valence-corrected chi connectivity index (χ4v) is 4.16. The van der Waals surface area contributed by atoms with E-state index in [4.69, 9.17) is 26.2 Å². The number of esters is 1. The predicted molar refractivity (Wildman–Crippen MR) is 145 cm³/mol. The van der Waals surface area contributed by atoms with Gasteiger partial charge in [0.25, 0.3) is 5.56 Å². The summed E-state index contributed by atoms with van der Waals surface area (Å²) >= 11 is 5.94. The topological polar surface area (TPSA) is 108 Å². The summed E-state index contributed by atoms with van der Waals surface area (Å²) in [5.41, 5.74) is 3.04. The first-order valence-corrected chi connectivity index (χ1v) is 12.0. The van der Waals surface area contributed by atoms with Gasteiger partial charge in [0.1, 0.15) is 17.1 Å². The second-order valence-electron chi connectivity index (χ2n) is 8.30. The molecule has 0 saturated carbocycles. The quantitative estimate of drug-likeness (QED) is 0.230. The Balaban J connectivity index is 1.51. The summed E-state index contributed by atoms with van der Waals surface area (Å²) in [5.74, 6) is 0.377. The van der Waals surface area contributed by atoms with Crippen LogP contribution in [0.2, 0.25) is 5.28 Å². The lowest BCUT2D eigenvalue weighted by molar-refractivity contribution is 0.0601. The standard InChI is InChI=1S/C28H22ClN5O4/c1-37-20-13-7-17(8-14-20)16-34-26(35)22-6-4-3-5-21(22)24(33-34)18-9-11-19(12-10-18)31-25-23(27(36)38-2)15-30-28(29)32-25/h3-15H,16H2,1-2H3,(H,30,31,32). The van der Waals surface area contributed by atoms with Crippen molar-refractivity contribution in [3.8, 4) is 17.0 Å². The molecule has 0 radical (unpaired) electrons. The Bertz CT molecular complexity index is 1690. The van der Waals surface area contributed by atoms with E-state index in [1.165, 1.54) is 18.0 Å². The molecule has 0 fully saturated rings. The number of benzene rings is 3. The number of aromatic nitrogens is 4. The summed E-state index contributed by atoms with van der Waals surface area (Å²) < 4.78 is 11.5. The first-order chi connectivity index (χ1) is 18.5. The average Bonchev–Trinajstić information content (AvgIpc) is 2.95. The highest BCUT2D eigenvalue weighted by atomic mass is 35.5. The molecular weight excluding hydrogens is 506 g/mol. The number of carbonyl (C=O) groups is 1. The molecule has 0 unspecified atom stereocenters. The van der Waals surface area contributed by atoms with Crippen molar-refractivity contribution in [3.05, 3.63) is 106 Å². The second-order valence-corrected chi connectivity index (χ2v) is 8.64. The smallest absolute Gasteiger partial charge is 0.343 e. The summed E-state index contributed by atoms with van der Waals surface area (Å²) in [6.07, 6.45) is 1.31. The summed E-state index contributed by atoms with van der Waals surface area (Å²) in [6.45, 7) is 0.311. The van der Waals surface area contributed by atoms with Crippen LogP contribution in [0.1, 0.15) is 15.9 Å². The van der Waals surface area contributed by atoms with Crippen molar-refractivity contribution in [1.82, 2.24) is 19.7 Å². The number of nitrogens with zero attached hydrogens (tertiary/aromatic N) is 4. The highest BCUT2D eigenvalue weighted by Crippen LogP contribution is 2.28. The molecule has 190 valence electrons. The Morgan fingerprint density at radius 1 is 0.974 bits per heavy atom. The van der Waals surface area contributed by atoms with Gasteiger partial charge in [0, 0.05) is 22.8 Å². The number of halogens is 1. The van der Waals surface area contributed by atoms with Crippen LogP contribution in [0.3, 0.4) is 0 Å². The molecular formula is C28H22ClN5O4. The Kier molecular flexibility index (Phi) is 7.01. The fourth-order valence-electron chi connectivity index (χ4n) is 4.02. The van der Waals surface area contributed by atoms with Crippen LogP contribution in [0.25, 0.3) is 22.0 Å². The number of carbonyl (C=O) groups excluding carboxylic acids is 1. The van der Waals surface area contributed by atoms with E-state index in [-0.39, 0.29) is 22.2 Å². The third kappa shape index (κ3) is 5.05. The minimum Gasteiger partial charge on any atom is -0.497 e. The van der Waals surface area contributed by atoms with Crippen molar-refractivity contribution < 1.29 is 14.3 Å². The number of fused-ring (bicyclic) bond motifs is 1. The van der Waals surface area contributed by atoms with Crippen LogP contribution in [0.5, 0.6) is 5.75 Å². The third-order valence-corrected chi connectivity index (χ3v) is 6.13. The number of methoxy groups -OCH3 is 2.